The zero-order chi connectivity index (χ0) is 22.2. The van der Waals surface area contributed by atoms with Gasteiger partial charge in [-0.25, -0.2) is 9.18 Å². The third-order valence-electron chi connectivity index (χ3n) is 7.03. The summed E-state index contributed by atoms with van der Waals surface area (Å²) in [4.78, 5) is 22.1. The second-order valence-corrected chi connectivity index (χ2v) is 16.3. The first-order valence-corrected chi connectivity index (χ1v) is 15.6. The van der Waals surface area contributed by atoms with Gasteiger partial charge in [-0.1, -0.05) is 45.0 Å². The first-order chi connectivity index (χ1) is 14.7. The van der Waals surface area contributed by atoms with E-state index in [0.29, 0.717) is 17.8 Å². The largest absolute Gasteiger partial charge is 0.369 e. The van der Waals surface area contributed by atoms with Crippen LogP contribution < -0.4 is 10.2 Å². The van der Waals surface area contributed by atoms with Crippen LogP contribution in [0.1, 0.15) is 51.9 Å². The van der Waals surface area contributed by atoms with E-state index in [0.717, 1.165) is 44.2 Å². The van der Waals surface area contributed by atoms with Crippen LogP contribution in [0, 0.1) is 5.82 Å². The highest BCUT2D eigenvalue weighted by molar-refractivity contribution is 6.76. The van der Waals surface area contributed by atoms with Crippen molar-refractivity contribution in [3.63, 3.8) is 0 Å². The van der Waals surface area contributed by atoms with E-state index in [2.05, 4.69) is 41.8 Å². The van der Waals surface area contributed by atoms with E-state index < -0.39 is 13.6 Å². The first kappa shape index (κ1) is 22.5. The topological polar surface area (TPSA) is 47.9 Å². The average molecular weight is 445 g/mol. The molecule has 2 atom stereocenters. The zero-order valence-electron chi connectivity index (χ0n) is 19.5. The molecular weight excluding hydrogens is 407 g/mol. The maximum Gasteiger partial charge on any atom is 0.350 e. The number of amidine groups is 1. The van der Waals surface area contributed by atoms with Crippen LogP contribution in [0.5, 0.6) is 0 Å². The van der Waals surface area contributed by atoms with E-state index in [9.17, 15) is 9.18 Å². The van der Waals surface area contributed by atoms with E-state index in [1.54, 1.807) is 11.0 Å². The van der Waals surface area contributed by atoms with Crippen molar-refractivity contribution in [2.24, 2.45) is 4.99 Å². The van der Waals surface area contributed by atoms with Gasteiger partial charge in [-0.2, -0.15) is 4.99 Å². The molecule has 7 heteroatoms. The summed E-state index contributed by atoms with van der Waals surface area (Å²) < 4.78 is 14.1. The molecule has 1 aromatic rings. The number of amides is 2. The Labute approximate surface area is 187 Å². The Morgan fingerprint density at radius 3 is 2.61 bits per heavy atom. The minimum Gasteiger partial charge on any atom is -0.369 e. The lowest BCUT2D eigenvalue weighted by Gasteiger charge is -2.49. The Morgan fingerprint density at radius 2 is 1.97 bits per heavy atom. The van der Waals surface area contributed by atoms with Crippen LogP contribution in [-0.4, -0.2) is 55.2 Å². The Hall–Kier alpha value is -1.73. The van der Waals surface area contributed by atoms with Crippen molar-refractivity contribution < 1.29 is 9.18 Å². The molecule has 4 rings (SSSR count). The second kappa shape index (κ2) is 8.66. The molecule has 1 saturated carbocycles. The summed E-state index contributed by atoms with van der Waals surface area (Å²) in [6.45, 7) is 10.4. The van der Waals surface area contributed by atoms with Crippen LogP contribution in [-0.2, 0) is 0 Å². The fraction of sp³-hybridized carbons (Fsp3) is 0.667. The SMILES string of the molecule is C[C@H]1C[C@]2(CCN1C[Si](C)(C)C)C(NC1CCCCC1)=NC(=O)N2c1cccc(F)c1. The highest BCUT2D eigenvalue weighted by Crippen LogP contribution is 2.41. The summed E-state index contributed by atoms with van der Waals surface area (Å²) in [5, 5.41) is 3.69. The van der Waals surface area contributed by atoms with Crippen LogP contribution in [0.4, 0.5) is 14.9 Å². The number of anilines is 1. The van der Waals surface area contributed by atoms with Gasteiger partial charge < -0.3 is 10.2 Å². The van der Waals surface area contributed by atoms with Crippen LogP contribution in [0.3, 0.4) is 0 Å². The Bertz CT molecular complexity index is 848. The summed E-state index contributed by atoms with van der Waals surface area (Å²) in [6.07, 6.45) is 8.77. The van der Waals surface area contributed by atoms with Gasteiger partial charge in [0.2, 0.25) is 0 Å². The predicted molar refractivity (Wildman–Crippen MR) is 128 cm³/mol. The number of piperidine rings is 1. The van der Waals surface area contributed by atoms with E-state index >= 15 is 0 Å². The molecule has 2 amide bonds. The van der Waals surface area contributed by atoms with Crippen LogP contribution in [0.25, 0.3) is 0 Å². The first-order valence-electron chi connectivity index (χ1n) is 11.9. The molecule has 0 bridgehead atoms. The number of halogens is 1. The maximum atomic E-state index is 14.1. The lowest BCUT2D eigenvalue weighted by molar-refractivity contribution is 0.148. The van der Waals surface area contributed by atoms with Gasteiger partial charge in [0.1, 0.15) is 17.2 Å². The van der Waals surface area contributed by atoms with E-state index in [1.165, 1.54) is 31.4 Å². The molecule has 1 aromatic carbocycles. The number of nitrogens with one attached hydrogen (secondary N) is 1. The summed E-state index contributed by atoms with van der Waals surface area (Å²) in [5.74, 6) is 0.492. The summed E-state index contributed by atoms with van der Waals surface area (Å²) >= 11 is 0. The predicted octanol–water partition coefficient (Wildman–Crippen LogP) is 5.19. The third-order valence-corrected chi connectivity index (χ3v) is 8.38. The molecule has 1 aliphatic carbocycles. The van der Waals surface area contributed by atoms with Gasteiger partial charge in [0.25, 0.3) is 0 Å². The van der Waals surface area contributed by atoms with Crippen LogP contribution >= 0.6 is 0 Å². The smallest absolute Gasteiger partial charge is 0.350 e. The minimum absolute atomic E-state index is 0.269. The fourth-order valence-electron chi connectivity index (χ4n) is 5.65. The van der Waals surface area contributed by atoms with Crippen molar-refractivity contribution in [3.05, 3.63) is 30.1 Å². The molecule has 170 valence electrons. The molecule has 1 spiro atoms. The number of urea groups is 1. The van der Waals surface area contributed by atoms with Crippen LogP contribution in [0.2, 0.25) is 19.6 Å². The number of hydrogen-bond donors (Lipinski definition) is 1. The lowest BCUT2D eigenvalue weighted by Crippen LogP contribution is -2.64. The monoisotopic (exact) mass is 444 g/mol. The molecule has 3 aliphatic rings. The summed E-state index contributed by atoms with van der Waals surface area (Å²) in [6, 6.07) is 6.86. The van der Waals surface area contributed by atoms with Crippen LogP contribution in [0.15, 0.2) is 29.3 Å². The van der Waals surface area contributed by atoms with E-state index in [4.69, 9.17) is 0 Å². The molecule has 5 nitrogen and oxygen atoms in total. The van der Waals surface area contributed by atoms with Gasteiger partial charge in [0.15, 0.2) is 0 Å². The molecule has 2 fully saturated rings. The summed E-state index contributed by atoms with van der Waals surface area (Å²) in [7, 11) is -1.24. The van der Waals surface area contributed by atoms with Gasteiger partial charge in [-0.15, -0.1) is 0 Å². The number of aliphatic imine (C=N–C) groups is 1. The van der Waals surface area contributed by atoms with Crippen molar-refractivity contribution >= 4 is 25.6 Å². The Balaban J connectivity index is 1.66. The quantitative estimate of drug-likeness (QED) is 0.651. The number of carbonyl (C=O) groups is 1. The molecule has 0 radical (unpaired) electrons. The molecule has 2 heterocycles. The standard InChI is InChI=1S/C24H37FN4OSi/c1-18-16-24(13-14-28(18)17-31(2,3)4)22(26-20-10-6-5-7-11-20)27-23(30)29(24)21-12-8-9-19(25)15-21/h8-9,12,15,18,20H,5-7,10-11,13-14,16-17H2,1-4H3,(H,26,27,30)/t18-,24+/m0/s1. The van der Waals surface area contributed by atoms with Crippen molar-refractivity contribution in [2.75, 3.05) is 17.6 Å². The molecule has 1 N–H and O–H groups in total. The molecule has 0 aromatic heterocycles. The number of likely N-dealkylation sites (tertiary alicyclic amines) is 1. The van der Waals surface area contributed by atoms with Crippen molar-refractivity contribution in [1.82, 2.24) is 10.2 Å². The van der Waals surface area contributed by atoms with Gasteiger partial charge in [-0.05, 0) is 57.0 Å². The van der Waals surface area contributed by atoms with Gasteiger partial charge in [0, 0.05) is 24.3 Å². The highest BCUT2D eigenvalue weighted by Gasteiger charge is 2.54. The fourth-order valence-corrected chi connectivity index (χ4v) is 7.34. The number of rotatable bonds is 4. The van der Waals surface area contributed by atoms with E-state index in [-0.39, 0.29) is 11.8 Å². The molecular formula is C24H37FN4OSi. The second-order valence-electron chi connectivity index (χ2n) is 10.9. The normalized spacial score (nSPS) is 28.3. The van der Waals surface area contributed by atoms with Crippen molar-refractivity contribution in [1.29, 1.82) is 0 Å². The minimum atomic E-state index is -1.24. The van der Waals surface area contributed by atoms with Gasteiger partial charge >= 0.3 is 6.03 Å². The summed E-state index contributed by atoms with van der Waals surface area (Å²) in [5.41, 5.74) is 0.0950. The van der Waals surface area contributed by atoms with Crippen molar-refractivity contribution in [2.45, 2.75) is 89.1 Å². The van der Waals surface area contributed by atoms with Gasteiger partial charge in [0.05, 0.1) is 8.07 Å². The molecule has 31 heavy (non-hydrogen) atoms. The molecule has 2 aliphatic heterocycles. The number of benzene rings is 1. The highest BCUT2D eigenvalue weighted by atomic mass is 28.3. The third kappa shape index (κ3) is 4.72. The average Bonchev–Trinajstić information content (AvgIpc) is 2.95. The lowest BCUT2D eigenvalue weighted by atomic mass is 9.80. The van der Waals surface area contributed by atoms with E-state index in [1.807, 2.05) is 6.07 Å². The number of carbonyl (C=O) groups excluding carboxylic acids is 1. The molecule has 1 saturated heterocycles. The molecule has 0 unspecified atom stereocenters. The number of nitrogens with zero attached hydrogens (tertiary/aromatic N) is 3. The zero-order valence-corrected chi connectivity index (χ0v) is 20.5. The Morgan fingerprint density at radius 1 is 1.23 bits per heavy atom. The van der Waals surface area contributed by atoms with Crippen molar-refractivity contribution in [3.8, 4) is 0 Å². The Kier molecular flexibility index (Phi) is 6.27. The maximum absolute atomic E-state index is 14.1. The number of hydrogen-bond acceptors (Lipinski definition) is 3. The van der Waals surface area contributed by atoms with Gasteiger partial charge in [-0.3, -0.25) is 4.90 Å².